The van der Waals surface area contributed by atoms with E-state index in [1.54, 1.807) is 9.58 Å². The number of carbonyl (C=O) groups excluding carboxylic acids is 7. The van der Waals surface area contributed by atoms with E-state index in [1.807, 2.05) is 48.5 Å². The van der Waals surface area contributed by atoms with Gasteiger partial charge in [-0.15, -0.1) is 5.10 Å². The van der Waals surface area contributed by atoms with E-state index in [0.717, 1.165) is 17.4 Å². The van der Waals surface area contributed by atoms with Crippen LogP contribution in [0, 0.1) is 0 Å². The van der Waals surface area contributed by atoms with Gasteiger partial charge in [0, 0.05) is 95.8 Å². The largest absolute Gasteiger partial charge is 0.526 e. The van der Waals surface area contributed by atoms with Crippen molar-refractivity contribution in [2.24, 2.45) is 0 Å². The molecule has 3 fully saturated rings. The molecule has 19 N–H and O–H groups in total. The molecule has 0 aliphatic carbocycles. The number of hydrogen-bond donors (Lipinski definition) is 19. The molecule has 40 heteroatoms. The van der Waals surface area contributed by atoms with Crippen molar-refractivity contribution in [2.75, 3.05) is 77.3 Å². The number of nitrogens with one attached hydrogen (secondary N) is 6. The van der Waals surface area contributed by atoms with Crippen LogP contribution in [0.5, 0.6) is 0 Å². The molecule has 4 aliphatic heterocycles. The van der Waals surface area contributed by atoms with E-state index in [-0.39, 0.29) is 109 Å². The number of aromatic nitrogens is 3. The van der Waals surface area contributed by atoms with Gasteiger partial charge >= 0.3 is 7.82 Å². The van der Waals surface area contributed by atoms with E-state index in [1.165, 1.54) is 0 Å². The first kappa shape index (κ1) is 98.9. The lowest BCUT2D eigenvalue weighted by Crippen LogP contribution is -2.59. The highest BCUT2D eigenvalue weighted by Crippen LogP contribution is 2.44. The summed E-state index contributed by atoms with van der Waals surface area (Å²) in [4.78, 5) is 108. The zero-order valence-electron chi connectivity index (χ0n) is 67.4. The second-order valence-electron chi connectivity index (χ2n) is 30.0. The van der Waals surface area contributed by atoms with Gasteiger partial charge in [0.2, 0.25) is 41.4 Å². The zero-order chi connectivity index (χ0) is 86.2. The van der Waals surface area contributed by atoms with Gasteiger partial charge < -0.3 is 131 Å². The van der Waals surface area contributed by atoms with Gasteiger partial charge in [0.05, 0.1) is 50.6 Å². The lowest BCUT2D eigenvalue weighted by Gasteiger charge is -2.39. The van der Waals surface area contributed by atoms with Gasteiger partial charge in [-0.1, -0.05) is 112 Å². The molecule has 5 heterocycles. The van der Waals surface area contributed by atoms with Crippen LogP contribution in [-0.4, -0.2) is 299 Å². The van der Waals surface area contributed by atoms with Crippen molar-refractivity contribution in [3.05, 3.63) is 66.9 Å². The van der Waals surface area contributed by atoms with Gasteiger partial charge in [-0.25, -0.2) is 9.25 Å². The number of amides is 7. The number of aliphatic hydroxyl groups excluding tert-OH is 12. The predicted octanol–water partition coefficient (Wildman–Crippen LogP) is -0.238. The lowest BCUT2D eigenvalue weighted by molar-refractivity contribution is -0.301. The highest BCUT2D eigenvalue weighted by molar-refractivity contribution is 7.47. The number of unbranched alkanes of at least 4 members (excludes halogenated alkanes) is 14. The minimum Gasteiger partial charge on any atom is -0.413 e. The number of aryl methyl sites for hydroxylation is 1. The summed E-state index contributed by atoms with van der Waals surface area (Å²) < 4.78 is 55.8. The van der Waals surface area contributed by atoms with E-state index in [0.29, 0.717) is 158 Å². The van der Waals surface area contributed by atoms with Gasteiger partial charge in [-0.3, -0.25) is 43.0 Å². The molecule has 3 aromatic rings. The van der Waals surface area contributed by atoms with E-state index >= 15 is 0 Å². The summed E-state index contributed by atoms with van der Waals surface area (Å²) in [5.74, 6) is -3.30. The first-order valence-corrected chi connectivity index (χ1v) is 42.9. The highest BCUT2D eigenvalue weighted by Gasteiger charge is 2.47. The highest BCUT2D eigenvalue weighted by atomic mass is 31.2. The van der Waals surface area contributed by atoms with Crippen molar-refractivity contribution in [3.63, 3.8) is 0 Å². The number of phosphoric acid groups is 1. The van der Waals surface area contributed by atoms with E-state index < -0.39 is 161 Å². The van der Waals surface area contributed by atoms with Crippen molar-refractivity contribution < 1.29 is 142 Å². The van der Waals surface area contributed by atoms with Crippen LogP contribution in [0.4, 0.5) is 5.69 Å². The Morgan fingerprint density at radius 1 is 0.479 bits per heavy atom. The first-order valence-electron chi connectivity index (χ1n) is 41.4. The smallest absolute Gasteiger partial charge is 0.413 e. The number of rotatable bonds is 56. The quantitative estimate of drug-likeness (QED) is 0.0197. The van der Waals surface area contributed by atoms with Crippen LogP contribution in [0.25, 0.3) is 22.5 Å². The van der Waals surface area contributed by atoms with Crippen molar-refractivity contribution in [3.8, 4) is 22.5 Å². The molecule has 0 bridgehead atoms. The number of ether oxygens (including phenoxy) is 6. The zero-order valence-corrected chi connectivity index (χ0v) is 68.3. The van der Waals surface area contributed by atoms with Crippen molar-refractivity contribution >= 4 is 54.9 Å². The topological polar surface area (TPSA) is 580 Å². The average molecular weight is 1710 g/mol. The van der Waals surface area contributed by atoms with Gasteiger partial charge in [0.1, 0.15) is 91.0 Å². The number of hydrogen-bond acceptors (Lipinski definition) is 30. The summed E-state index contributed by atoms with van der Waals surface area (Å²) >= 11 is 0. The molecule has 7 rings (SSSR count). The van der Waals surface area contributed by atoms with E-state index in [2.05, 4.69) is 53.3 Å². The van der Waals surface area contributed by atoms with E-state index in [4.69, 9.17) is 32.9 Å². The number of phosphoric ester groups is 1. The Morgan fingerprint density at radius 3 is 1.37 bits per heavy atom. The molecule has 0 saturated carbocycles. The van der Waals surface area contributed by atoms with Gasteiger partial charge in [0.25, 0.3) is 0 Å². The SMILES string of the molecule is C=COP(=O)(O)OCCCCCCNC(=O)CCC(=O)N1Cc2ccccc2-c2nnn(CCCCCC(=O)NC(CCC(=O)NC(CCC(=O)NCCCCCCO[C@H]3O[C@H](CO)C(O)C(O)C3O)C(=O)NCCCCCCO[C@H]3O[C@H](CO)C(O)C(O)C3O)C(=O)NCCCCCCO[C@H]3O[C@H](CO)C(O)C(O)C3O)c2-c2ccccc21. The van der Waals surface area contributed by atoms with E-state index in [9.17, 15) is 104 Å². The molecule has 18 atom stereocenters. The van der Waals surface area contributed by atoms with Crippen LogP contribution in [-0.2, 0) is 88.7 Å². The third kappa shape index (κ3) is 32.2. The van der Waals surface area contributed by atoms with Gasteiger partial charge in [-0.05, 0) is 88.7 Å². The number of anilines is 1. The van der Waals surface area contributed by atoms with Crippen molar-refractivity contribution in [1.29, 1.82) is 0 Å². The number of carbonyl (C=O) groups is 7. The fourth-order valence-corrected chi connectivity index (χ4v) is 14.6. The number of fused-ring (bicyclic) bond motifs is 5. The summed E-state index contributed by atoms with van der Waals surface area (Å²) in [6.45, 7) is 3.29. The fourth-order valence-electron chi connectivity index (χ4n) is 14.0. The molecule has 3 saturated heterocycles. The third-order valence-electron chi connectivity index (χ3n) is 20.9. The molecule has 7 amide bonds. The number of nitrogens with zero attached hydrogens (tertiary/aromatic N) is 4. The molecule has 0 radical (unpaired) electrons. The molecule has 4 aliphatic rings. The first-order chi connectivity index (χ1) is 57.3. The molecule has 12 unspecified atom stereocenters. The van der Waals surface area contributed by atoms with Crippen LogP contribution in [0.3, 0.4) is 0 Å². The number of benzene rings is 2. The van der Waals surface area contributed by atoms with Crippen molar-refractivity contribution in [1.82, 2.24) is 46.9 Å². The van der Waals surface area contributed by atoms with Gasteiger partial charge in [-0.2, -0.15) is 0 Å². The Kier molecular flexibility index (Phi) is 44.1. The molecule has 0 spiro atoms. The Hall–Kier alpha value is -7.16. The van der Waals surface area contributed by atoms with Gasteiger partial charge in [0.15, 0.2) is 18.9 Å². The summed E-state index contributed by atoms with van der Waals surface area (Å²) in [5.41, 5.74) is 4.11. The Morgan fingerprint density at radius 2 is 0.891 bits per heavy atom. The minimum absolute atomic E-state index is 0.0148. The normalized spacial score (nSPS) is 24.5. The maximum Gasteiger partial charge on any atom is 0.526 e. The van der Waals surface area contributed by atoms with Crippen LogP contribution in [0.2, 0.25) is 0 Å². The molecular formula is C79H125N10O29P. The summed E-state index contributed by atoms with van der Waals surface area (Å²) in [6.07, 6.45) is -10.8. The summed E-state index contributed by atoms with van der Waals surface area (Å²) in [5, 5.41) is 146. The third-order valence-corrected chi connectivity index (χ3v) is 21.9. The molecule has 2 aromatic carbocycles. The number of aliphatic hydroxyl groups is 12. The summed E-state index contributed by atoms with van der Waals surface area (Å²) in [6, 6.07) is 12.5. The van der Waals surface area contributed by atoms with Crippen LogP contribution in [0.15, 0.2) is 61.4 Å². The van der Waals surface area contributed by atoms with Crippen LogP contribution in [0.1, 0.15) is 173 Å². The van der Waals surface area contributed by atoms with Crippen LogP contribution >= 0.6 is 7.82 Å². The second-order valence-corrected chi connectivity index (χ2v) is 31.4. The molecule has 39 nitrogen and oxygen atoms in total. The molecular weight excluding hydrogens is 1580 g/mol. The Labute approximate surface area is 691 Å². The Balaban J connectivity index is 0.933. The standard InChI is InChI=1S/C79H125N10O29P/c1-2-114-119(109,110)115-45-25-10-6-18-38-81-60(94)35-36-63(97)88-46-50-26-13-14-27-51(50)64-65(52-28-15-16-29-55(52)88)89(87-86-64)41-21-11-12-30-61(95)84-54(76(108)83-40-20-5-9-24-44-113-79-74(106)71(103)68(100)58(49-92)118-79)32-34-62(96)85-53(75(107)82-39-19-4-8-23-43-112-78-73(105)70(102)67(99)57(48-91)117-78)31-33-59(93)80-37-17-3-7-22-42-111-77-72(104)69(101)66(98)56(47-90)116-77/h2,13-16,26-29,53-54,56-58,66-74,77-79,90-92,98-106H,1,3-12,17-25,30-49H2,(H,80,93)(H,81,94)(H,82,107)(H,83,108)(H,84,95)(H,85,96)(H,109,110)/t53?,54?,56-,57-,58-,66?,67?,68?,69?,70?,71?,72?,73?,74?,77+,78+,79+/m1/s1. The Bertz CT molecular complexity index is 3620. The van der Waals surface area contributed by atoms with Crippen molar-refractivity contribution in [2.45, 2.75) is 284 Å². The van der Waals surface area contributed by atoms with Crippen LogP contribution < -0.4 is 36.8 Å². The molecule has 1 aromatic heterocycles. The summed E-state index contributed by atoms with van der Waals surface area (Å²) in [7, 11) is -4.18. The maximum absolute atomic E-state index is 14.3. The fraction of sp³-hybridized carbons (Fsp3) is 0.709. The maximum atomic E-state index is 14.3. The second kappa shape index (κ2) is 53.0. The minimum atomic E-state index is -4.18. The monoisotopic (exact) mass is 1710 g/mol. The lowest BCUT2D eigenvalue weighted by atomic mass is 9.95. The molecule has 670 valence electrons. The number of para-hydroxylation sites is 1. The predicted molar refractivity (Wildman–Crippen MR) is 424 cm³/mol. The molecule has 119 heavy (non-hydrogen) atoms. The average Bonchev–Trinajstić information content (AvgIpc) is 1.68.